The van der Waals surface area contributed by atoms with Gasteiger partial charge in [0.1, 0.15) is 12.4 Å². The van der Waals surface area contributed by atoms with Gasteiger partial charge >= 0.3 is 5.97 Å². The molecule has 0 aliphatic rings. The van der Waals surface area contributed by atoms with Crippen molar-refractivity contribution < 1.29 is 22.7 Å². The molecule has 0 bridgehead atoms. The normalized spacial score (nSPS) is 12.7. The number of benzene rings is 1. The van der Waals surface area contributed by atoms with Crippen molar-refractivity contribution in [2.75, 3.05) is 6.54 Å². The lowest BCUT2D eigenvalue weighted by Gasteiger charge is -2.33. The predicted molar refractivity (Wildman–Crippen MR) is 67.7 cm³/mol. The Morgan fingerprint density at radius 1 is 1.26 bits per heavy atom. The molecule has 1 rings (SSSR count). The van der Waals surface area contributed by atoms with Crippen molar-refractivity contribution in [2.45, 2.75) is 31.2 Å². The van der Waals surface area contributed by atoms with E-state index >= 15 is 0 Å². The Bertz CT molecular complexity index is 560. The average molecular weight is 289 g/mol. The van der Waals surface area contributed by atoms with Gasteiger partial charge in [0.15, 0.2) is 0 Å². The molecule has 0 spiro atoms. The second-order valence-corrected chi connectivity index (χ2v) is 6.89. The molecule has 1 aromatic rings. The van der Waals surface area contributed by atoms with Crippen LogP contribution in [0.15, 0.2) is 29.2 Å². The van der Waals surface area contributed by atoms with Crippen molar-refractivity contribution in [1.82, 2.24) is 4.31 Å². The SMILES string of the molecule is CC(C)(C)N(CC(=O)O)S(=O)(=O)c1ccc(F)cc1. The summed E-state index contributed by atoms with van der Waals surface area (Å²) in [5, 5.41) is 8.84. The van der Waals surface area contributed by atoms with Gasteiger partial charge in [-0.1, -0.05) is 0 Å². The monoisotopic (exact) mass is 289 g/mol. The third-order valence-electron chi connectivity index (χ3n) is 2.43. The number of nitrogens with zero attached hydrogens (tertiary/aromatic N) is 1. The van der Waals surface area contributed by atoms with E-state index < -0.39 is 33.9 Å². The summed E-state index contributed by atoms with van der Waals surface area (Å²) in [6.07, 6.45) is 0. The Balaban J connectivity index is 3.27. The maximum atomic E-state index is 12.8. The van der Waals surface area contributed by atoms with Crippen molar-refractivity contribution >= 4 is 16.0 Å². The fourth-order valence-corrected chi connectivity index (χ4v) is 3.28. The molecular formula is C12H16FNO4S. The molecule has 0 saturated carbocycles. The molecule has 1 aromatic carbocycles. The van der Waals surface area contributed by atoms with Crippen molar-refractivity contribution in [3.05, 3.63) is 30.1 Å². The van der Waals surface area contributed by atoms with Gasteiger partial charge in [-0.15, -0.1) is 0 Å². The minimum absolute atomic E-state index is 0.134. The van der Waals surface area contributed by atoms with Crippen LogP contribution in [0.2, 0.25) is 0 Å². The van der Waals surface area contributed by atoms with Crippen molar-refractivity contribution in [1.29, 1.82) is 0 Å². The lowest BCUT2D eigenvalue weighted by molar-refractivity contribution is -0.138. The number of carboxylic acids is 1. The van der Waals surface area contributed by atoms with Crippen molar-refractivity contribution in [2.24, 2.45) is 0 Å². The summed E-state index contributed by atoms with van der Waals surface area (Å²) < 4.78 is 38.4. The van der Waals surface area contributed by atoms with Crippen LogP contribution < -0.4 is 0 Å². The van der Waals surface area contributed by atoms with Gasteiger partial charge in [-0.3, -0.25) is 4.79 Å². The molecule has 19 heavy (non-hydrogen) atoms. The fraction of sp³-hybridized carbons (Fsp3) is 0.417. The van der Waals surface area contributed by atoms with Gasteiger partial charge in [0.05, 0.1) is 4.90 Å². The zero-order valence-electron chi connectivity index (χ0n) is 10.9. The largest absolute Gasteiger partial charge is 0.480 e. The van der Waals surface area contributed by atoms with Gasteiger partial charge in [-0.05, 0) is 45.0 Å². The van der Waals surface area contributed by atoms with Crippen molar-refractivity contribution in [3.63, 3.8) is 0 Å². The first kappa shape index (κ1) is 15.6. The van der Waals surface area contributed by atoms with E-state index in [2.05, 4.69) is 0 Å². The molecule has 0 saturated heterocycles. The minimum Gasteiger partial charge on any atom is -0.480 e. The van der Waals surface area contributed by atoms with Crippen LogP contribution in [0, 0.1) is 5.82 Å². The third kappa shape index (κ3) is 3.74. The van der Waals surface area contributed by atoms with Gasteiger partial charge in [0.25, 0.3) is 0 Å². The van der Waals surface area contributed by atoms with Gasteiger partial charge in [0, 0.05) is 5.54 Å². The molecular weight excluding hydrogens is 273 g/mol. The van der Waals surface area contributed by atoms with Crippen LogP contribution in [-0.4, -0.2) is 35.9 Å². The highest BCUT2D eigenvalue weighted by Crippen LogP contribution is 2.24. The highest BCUT2D eigenvalue weighted by molar-refractivity contribution is 7.89. The molecule has 0 aliphatic carbocycles. The highest BCUT2D eigenvalue weighted by Gasteiger charge is 2.35. The van der Waals surface area contributed by atoms with Gasteiger partial charge < -0.3 is 5.11 Å². The number of hydrogen-bond donors (Lipinski definition) is 1. The zero-order valence-corrected chi connectivity index (χ0v) is 11.7. The van der Waals surface area contributed by atoms with Gasteiger partial charge in [-0.2, -0.15) is 4.31 Å². The van der Waals surface area contributed by atoms with Crippen LogP contribution >= 0.6 is 0 Å². The summed E-state index contributed by atoms with van der Waals surface area (Å²) >= 11 is 0. The molecule has 106 valence electrons. The molecule has 7 heteroatoms. The minimum atomic E-state index is -3.98. The second kappa shape index (κ2) is 5.26. The summed E-state index contributed by atoms with van der Waals surface area (Å²) in [5.74, 6) is -1.81. The quantitative estimate of drug-likeness (QED) is 0.915. The summed E-state index contributed by atoms with van der Waals surface area (Å²) in [5.41, 5.74) is -0.897. The number of hydrogen-bond acceptors (Lipinski definition) is 3. The van der Waals surface area contributed by atoms with E-state index in [-0.39, 0.29) is 4.90 Å². The highest BCUT2D eigenvalue weighted by atomic mass is 32.2. The Hall–Kier alpha value is -1.47. The molecule has 5 nitrogen and oxygen atoms in total. The van der Waals surface area contributed by atoms with E-state index in [4.69, 9.17) is 5.11 Å². The Morgan fingerprint density at radius 3 is 2.11 bits per heavy atom. The second-order valence-electron chi connectivity index (χ2n) is 5.03. The van der Waals surface area contributed by atoms with E-state index in [0.29, 0.717) is 0 Å². The number of carboxylic acid groups (broad SMARTS) is 1. The Kier molecular flexibility index (Phi) is 4.32. The third-order valence-corrected chi connectivity index (χ3v) is 4.55. The molecule has 0 fully saturated rings. The molecule has 0 atom stereocenters. The smallest absolute Gasteiger partial charge is 0.318 e. The van der Waals surface area contributed by atoms with E-state index in [1.807, 2.05) is 0 Å². The lowest BCUT2D eigenvalue weighted by Crippen LogP contribution is -2.48. The molecule has 0 aliphatic heterocycles. The molecule has 0 amide bonds. The molecule has 0 aromatic heterocycles. The van der Waals surface area contributed by atoms with Gasteiger partial charge in [-0.25, -0.2) is 12.8 Å². The Morgan fingerprint density at radius 2 is 1.74 bits per heavy atom. The number of halogens is 1. The Labute approximate surface area is 111 Å². The summed E-state index contributed by atoms with van der Waals surface area (Å²) in [6.45, 7) is 4.13. The standard InChI is InChI=1S/C12H16FNO4S/c1-12(2,3)14(8-11(15)16)19(17,18)10-6-4-9(13)5-7-10/h4-7H,8H2,1-3H3,(H,15,16). The average Bonchev–Trinajstić information content (AvgIpc) is 2.24. The maximum absolute atomic E-state index is 12.8. The van der Waals surface area contributed by atoms with E-state index in [9.17, 15) is 17.6 Å². The number of aliphatic carboxylic acids is 1. The first-order valence-electron chi connectivity index (χ1n) is 5.55. The fourth-order valence-electron chi connectivity index (χ4n) is 1.54. The number of carbonyl (C=O) groups is 1. The van der Waals surface area contributed by atoms with Crippen LogP contribution in [-0.2, 0) is 14.8 Å². The van der Waals surface area contributed by atoms with Crippen LogP contribution in [0.1, 0.15) is 20.8 Å². The van der Waals surface area contributed by atoms with Gasteiger partial charge in [0.2, 0.25) is 10.0 Å². The zero-order chi connectivity index (χ0) is 14.8. The first-order chi connectivity index (χ1) is 8.55. The van der Waals surface area contributed by atoms with E-state index in [0.717, 1.165) is 28.6 Å². The first-order valence-corrected chi connectivity index (χ1v) is 6.99. The lowest BCUT2D eigenvalue weighted by atomic mass is 10.1. The summed E-state index contributed by atoms with van der Waals surface area (Å²) in [4.78, 5) is 10.7. The topological polar surface area (TPSA) is 74.7 Å². The summed E-state index contributed by atoms with van der Waals surface area (Å²) in [6, 6.07) is 4.28. The van der Waals surface area contributed by atoms with Crippen LogP contribution in [0.25, 0.3) is 0 Å². The predicted octanol–water partition coefficient (Wildman–Crippen LogP) is 1.70. The number of sulfonamides is 1. The van der Waals surface area contributed by atoms with E-state index in [1.54, 1.807) is 20.8 Å². The molecule has 0 unspecified atom stereocenters. The van der Waals surface area contributed by atoms with Crippen molar-refractivity contribution in [3.8, 4) is 0 Å². The van der Waals surface area contributed by atoms with E-state index in [1.165, 1.54) is 0 Å². The molecule has 1 N–H and O–H groups in total. The van der Waals surface area contributed by atoms with Crippen LogP contribution in [0.3, 0.4) is 0 Å². The maximum Gasteiger partial charge on any atom is 0.318 e. The molecule has 0 heterocycles. The van der Waals surface area contributed by atoms with Crippen LogP contribution in [0.4, 0.5) is 4.39 Å². The summed E-state index contributed by atoms with van der Waals surface area (Å²) in [7, 11) is -3.98. The molecule has 0 radical (unpaired) electrons. The number of rotatable bonds is 4. The van der Waals surface area contributed by atoms with Crippen LogP contribution in [0.5, 0.6) is 0 Å².